The van der Waals surface area contributed by atoms with E-state index < -0.39 is 5.56 Å². The number of carbonyl (C=O) groups excluding carboxylic acids is 1. The van der Waals surface area contributed by atoms with Crippen LogP contribution in [0.3, 0.4) is 0 Å². The van der Waals surface area contributed by atoms with Crippen molar-refractivity contribution in [3.8, 4) is 0 Å². The molecule has 22 heavy (non-hydrogen) atoms. The van der Waals surface area contributed by atoms with Crippen molar-refractivity contribution in [2.45, 2.75) is 37.8 Å². The normalized spacial score (nSPS) is 21.5. The molecule has 0 unspecified atom stereocenters. The lowest BCUT2D eigenvalue weighted by molar-refractivity contribution is 0.0921. The lowest BCUT2D eigenvalue weighted by Crippen LogP contribution is -2.38. The quantitative estimate of drug-likeness (QED) is 0.896. The summed E-state index contributed by atoms with van der Waals surface area (Å²) in [7, 11) is 0. The highest BCUT2D eigenvalue weighted by Crippen LogP contribution is 2.27. The van der Waals surface area contributed by atoms with Gasteiger partial charge in [-0.05, 0) is 31.7 Å². The second kappa shape index (κ2) is 6.31. The Hall–Kier alpha value is -2.15. The first kappa shape index (κ1) is 14.8. The molecule has 2 aromatic heterocycles. The predicted molar refractivity (Wildman–Crippen MR) is 80.9 cm³/mol. The Morgan fingerprint density at radius 2 is 2.14 bits per heavy atom. The molecule has 1 aliphatic carbocycles. The maximum absolute atomic E-state index is 12.2. The fourth-order valence-electron chi connectivity index (χ4n) is 2.75. The molecule has 7 nitrogen and oxygen atoms in total. The van der Waals surface area contributed by atoms with Crippen LogP contribution in [-0.4, -0.2) is 31.7 Å². The number of amides is 1. The molecule has 0 atom stereocenters. The summed E-state index contributed by atoms with van der Waals surface area (Å²) in [5.41, 5.74) is -0.0328. The van der Waals surface area contributed by atoms with Crippen molar-refractivity contribution in [1.82, 2.24) is 25.1 Å². The number of hydrogen-bond donors (Lipinski definition) is 2. The summed E-state index contributed by atoms with van der Waals surface area (Å²) in [5.74, 6) is -0.220. The van der Waals surface area contributed by atoms with Gasteiger partial charge in [0.15, 0.2) is 0 Å². The third-order valence-electron chi connectivity index (χ3n) is 3.96. The van der Waals surface area contributed by atoms with Gasteiger partial charge in [-0.25, -0.2) is 9.67 Å². The number of pyridine rings is 1. The monoisotopic (exact) mass is 321 g/mol. The zero-order valence-electron chi connectivity index (χ0n) is 11.8. The van der Waals surface area contributed by atoms with Crippen LogP contribution in [-0.2, 0) is 0 Å². The average molecular weight is 322 g/mol. The van der Waals surface area contributed by atoms with Gasteiger partial charge in [-0.15, -0.1) is 0 Å². The van der Waals surface area contributed by atoms with E-state index in [1.54, 1.807) is 6.33 Å². The van der Waals surface area contributed by atoms with Crippen LogP contribution in [0.1, 0.15) is 42.1 Å². The van der Waals surface area contributed by atoms with Crippen molar-refractivity contribution >= 4 is 17.5 Å². The Morgan fingerprint density at radius 1 is 1.36 bits per heavy atom. The minimum absolute atomic E-state index is 0.0162. The molecule has 2 heterocycles. The lowest BCUT2D eigenvalue weighted by Gasteiger charge is -2.29. The molecule has 116 valence electrons. The van der Waals surface area contributed by atoms with Crippen LogP contribution in [0, 0.1) is 0 Å². The Bertz CT molecular complexity index is 704. The molecule has 0 radical (unpaired) electrons. The van der Waals surface area contributed by atoms with Gasteiger partial charge >= 0.3 is 0 Å². The third-order valence-corrected chi connectivity index (χ3v) is 4.24. The van der Waals surface area contributed by atoms with Gasteiger partial charge in [0.1, 0.15) is 17.7 Å². The molecule has 1 saturated carbocycles. The molecule has 8 heteroatoms. The Morgan fingerprint density at radius 3 is 2.77 bits per heavy atom. The maximum atomic E-state index is 12.2. The molecule has 2 N–H and O–H groups in total. The van der Waals surface area contributed by atoms with E-state index in [-0.39, 0.29) is 17.0 Å². The van der Waals surface area contributed by atoms with E-state index in [1.807, 2.05) is 4.68 Å². The topological polar surface area (TPSA) is 92.7 Å². The van der Waals surface area contributed by atoms with E-state index >= 15 is 0 Å². The molecule has 3 rings (SSSR count). The molecule has 1 fully saturated rings. The number of halogens is 1. The first-order valence-corrected chi connectivity index (χ1v) is 7.54. The van der Waals surface area contributed by atoms with Gasteiger partial charge in [0.25, 0.3) is 11.5 Å². The molecule has 1 aliphatic rings. The second-order valence-electron chi connectivity index (χ2n) is 5.42. The summed E-state index contributed by atoms with van der Waals surface area (Å²) < 4.78 is 1.87. The van der Waals surface area contributed by atoms with Gasteiger partial charge in [0.05, 0.1) is 11.6 Å². The van der Waals surface area contributed by atoms with Crippen LogP contribution < -0.4 is 10.9 Å². The number of aromatic nitrogens is 4. The van der Waals surface area contributed by atoms with Crippen molar-refractivity contribution in [2.24, 2.45) is 0 Å². The van der Waals surface area contributed by atoms with E-state index in [2.05, 4.69) is 20.4 Å². The Labute approximate surface area is 131 Å². The minimum atomic E-state index is -0.397. The number of hydrogen-bond acceptors (Lipinski definition) is 4. The van der Waals surface area contributed by atoms with Crippen molar-refractivity contribution in [1.29, 1.82) is 0 Å². The Kier molecular flexibility index (Phi) is 4.24. The standard InChI is InChI=1S/C14H16ClN5O2/c15-12-5-9(6-17-14(12)22)13(21)19-10-1-3-11(4-2-10)20-8-16-7-18-20/h5-8,10-11H,1-4H2,(H,17,22)(H,19,21). The zero-order valence-corrected chi connectivity index (χ0v) is 12.6. The van der Waals surface area contributed by atoms with Gasteiger partial charge in [0.2, 0.25) is 0 Å². The van der Waals surface area contributed by atoms with Gasteiger partial charge in [-0.1, -0.05) is 11.6 Å². The van der Waals surface area contributed by atoms with Crippen LogP contribution in [0.15, 0.2) is 29.7 Å². The SMILES string of the molecule is O=C(NC1CCC(n2cncn2)CC1)c1c[nH]c(=O)c(Cl)c1. The molecule has 0 bridgehead atoms. The summed E-state index contributed by atoms with van der Waals surface area (Å²) in [5, 5.41) is 7.16. The summed E-state index contributed by atoms with van der Waals surface area (Å²) in [4.78, 5) is 29.8. The number of rotatable bonds is 3. The highest BCUT2D eigenvalue weighted by atomic mass is 35.5. The van der Waals surface area contributed by atoms with Crippen LogP contribution in [0.25, 0.3) is 0 Å². The number of carbonyl (C=O) groups is 1. The van der Waals surface area contributed by atoms with E-state index in [9.17, 15) is 9.59 Å². The second-order valence-corrected chi connectivity index (χ2v) is 5.83. The number of aromatic amines is 1. The van der Waals surface area contributed by atoms with Crippen molar-refractivity contribution < 1.29 is 4.79 Å². The molecule has 0 aliphatic heterocycles. The van der Waals surface area contributed by atoms with Crippen LogP contribution >= 0.6 is 11.6 Å². The zero-order chi connectivity index (χ0) is 15.5. The van der Waals surface area contributed by atoms with E-state index in [0.717, 1.165) is 25.7 Å². The molecule has 0 spiro atoms. The Balaban J connectivity index is 1.57. The number of nitrogens with zero attached hydrogens (tertiary/aromatic N) is 3. The van der Waals surface area contributed by atoms with Crippen LogP contribution in [0.2, 0.25) is 5.02 Å². The fraction of sp³-hybridized carbons (Fsp3) is 0.429. The van der Waals surface area contributed by atoms with Crippen LogP contribution in [0.5, 0.6) is 0 Å². The summed E-state index contributed by atoms with van der Waals surface area (Å²) >= 11 is 5.74. The highest BCUT2D eigenvalue weighted by Gasteiger charge is 2.24. The van der Waals surface area contributed by atoms with E-state index in [4.69, 9.17) is 11.6 Å². The smallest absolute Gasteiger partial charge is 0.266 e. The average Bonchev–Trinajstić information content (AvgIpc) is 3.05. The maximum Gasteiger partial charge on any atom is 0.266 e. The summed E-state index contributed by atoms with van der Waals surface area (Å²) in [6, 6.07) is 1.85. The highest BCUT2D eigenvalue weighted by molar-refractivity contribution is 6.30. The number of H-pyrrole nitrogens is 1. The molecule has 2 aromatic rings. The molecule has 1 amide bonds. The largest absolute Gasteiger partial charge is 0.349 e. The molecular formula is C14H16ClN5O2. The predicted octanol–water partition coefficient (Wildman–Crippen LogP) is 1.53. The first-order chi connectivity index (χ1) is 10.6. The van der Waals surface area contributed by atoms with E-state index in [1.165, 1.54) is 18.6 Å². The third kappa shape index (κ3) is 3.19. The first-order valence-electron chi connectivity index (χ1n) is 7.16. The van der Waals surface area contributed by atoms with Gasteiger partial charge < -0.3 is 10.3 Å². The van der Waals surface area contributed by atoms with E-state index in [0.29, 0.717) is 11.6 Å². The fourth-order valence-corrected chi connectivity index (χ4v) is 2.92. The molecule has 0 saturated heterocycles. The van der Waals surface area contributed by atoms with Gasteiger partial charge in [-0.2, -0.15) is 5.10 Å². The lowest BCUT2D eigenvalue weighted by atomic mass is 9.91. The summed E-state index contributed by atoms with van der Waals surface area (Å²) in [6.07, 6.45) is 8.30. The minimum Gasteiger partial charge on any atom is -0.349 e. The molecular weight excluding hydrogens is 306 g/mol. The van der Waals surface area contributed by atoms with Gasteiger partial charge in [-0.3, -0.25) is 9.59 Å². The summed E-state index contributed by atoms with van der Waals surface area (Å²) in [6.45, 7) is 0. The molecule has 0 aromatic carbocycles. The number of nitrogens with one attached hydrogen (secondary N) is 2. The van der Waals surface area contributed by atoms with Crippen LogP contribution in [0.4, 0.5) is 0 Å². The van der Waals surface area contributed by atoms with Crippen molar-refractivity contribution in [3.05, 3.63) is 45.9 Å². The van der Waals surface area contributed by atoms with Gasteiger partial charge in [0, 0.05) is 12.2 Å². The van der Waals surface area contributed by atoms with Crippen molar-refractivity contribution in [3.63, 3.8) is 0 Å². The van der Waals surface area contributed by atoms with Crippen molar-refractivity contribution in [2.75, 3.05) is 0 Å².